The summed E-state index contributed by atoms with van der Waals surface area (Å²) >= 11 is 0. The molecule has 20 heavy (non-hydrogen) atoms. The molecule has 0 spiro atoms. The predicted molar refractivity (Wildman–Crippen MR) is 78.9 cm³/mol. The van der Waals surface area contributed by atoms with Gasteiger partial charge in [-0.15, -0.1) is 0 Å². The normalized spacial score (nSPS) is 23.2. The minimum atomic E-state index is -0.000417. The van der Waals surface area contributed by atoms with Crippen molar-refractivity contribution in [3.05, 3.63) is 35.6 Å². The van der Waals surface area contributed by atoms with Crippen molar-refractivity contribution >= 4 is 16.9 Å². The summed E-state index contributed by atoms with van der Waals surface area (Å²) in [6.07, 6.45) is 0. The van der Waals surface area contributed by atoms with Gasteiger partial charge in [-0.05, 0) is 26.8 Å². The van der Waals surface area contributed by atoms with Gasteiger partial charge in [0, 0.05) is 36.1 Å². The number of nitrogens with zero attached hydrogens (tertiary/aromatic N) is 1. The summed E-state index contributed by atoms with van der Waals surface area (Å²) in [6, 6.07) is 8.27. The van der Waals surface area contributed by atoms with E-state index in [4.69, 9.17) is 4.42 Å². The third-order valence-electron chi connectivity index (χ3n) is 4.33. The van der Waals surface area contributed by atoms with Crippen molar-refractivity contribution in [2.45, 2.75) is 32.9 Å². The fourth-order valence-corrected chi connectivity index (χ4v) is 2.85. The third-order valence-corrected chi connectivity index (χ3v) is 4.33. The Morgan fingerprint density at radius 3 is 2.85 bits per heavy atom. The molecule has 1 aliphatic heterocycles. The molecule has 1 aliphatic rings. The molecule has 0 saturated carbocycles. The molecule has 0 aliphatic carbocycles. The van der Waals surface area contributed by atoms with Crippen LogP contribution < -0.4 is 5.32 Å². The molecule has 106 valence electrons. The fraction of sp³-hybridized carbons (Fsp3) is 0.438. The van der Waals surface area contributed by atoms with Crippen LogP contribution in [0.1, 0.15) is 30.0 Å². The summed E-state index contributed by atoms with van der Waals surface area (Å²) in [5.41, 5.74) is 1.72. The Labute approximate surface area is 118 Å². The zero-order valence-electron chi connectivity index (χ0n) is 12.1. The number of fused-ring (bicyclic) bond motifs is 1. The molecule has 0 radical (unpaired) electrons. The fourth-order valence-electron chi connectivity index (χ4n) is 2.85. The molecule has 2 unspecified atom stereocenters. The summed E-state index contributed by atoms with van der Waals surface area (Å²) in [7, 11) is 0. The highest BCUT2D eigenvalue weighted by Crippen LogP contribution is 2.27. The molecule has 1 fully saturated rings. The predicted octanol–water partition coefficient (Wildman–Crippen LogP) is 2.56. The maximum absolute atomic E-state index is 12.8. The first-order valence-corrected chi connectivity index (χ1v) is 7.12. The number of furan rings is 1. The Bertz CT molecular complexity index is 647. The summed E-state index contributed by atoms with van der Waals surface area (Å²) in [5.74, 6) is 0.478. The van der Waals surface area contributed by atoms with Gasteiger partial charge in [0.1, 0.15) is 5.58 Å². The van der Waals surface area contributed by atoms with E-state index in [1.807, 2.05) is 36.1 Å². The third kappa shape index (κ3) is 2.00. The number of nitrogens with one attached hydrogen (secondary N) is 1. The maximum atomic E-state index is 12.8. The number of hydrogen-bond acceptors (Lipinski definition) is 3. The van der Waals surface area contributed by atoms with Crippen molar-refractivity contribution in [2.24, 2.45) is 0 Å². The number of rotatable bonds is 1. The Morgan fingerprint density at radius 1 is 1.35 bits per heavy atom. The van der Waals surface area contributed by atoms with Crippen molar-refractivity contribution in [3.63, 3.8) is 0 Å². The van der Waals surface area contributed by atoms with Crippen molar-refractivity contribution in [2.75, 3.05) is 13.1 Å². The summed E-state index contributed by atoms with van der Waals surface area (Å²) in [5, 5.41) is 4.40. The molecule has 0 bridgehead atoms. The van der Waals surface area contributed by atoms with Gasteiger partial charge in [0.05, 0.1) is 0 Å². The Kier molecular flexibility index (Phi) is 3.26. The number of carbonyl (C=O) groups excluding carboxylic acids is 1. The Hall–Kier alpha value is -1.81. The van der Waals surface area contributed by atoms with Gasteiger partial charge < -0.3 is 14.6 Å². The van der Waals surface area contributed by atoms with Gasteiger partial charge in [0.25, 0.3) is 5.91 Å². The second-order valence-corrected chi connectivity index (χ2v) is 5.53. The summed E-state index contributed by atoms with van der Waals surface area (Å²) < 4.78 is 5.79. The quantitative estimate of drug-likeness (QED) is 0.868. The molecule has 4 heteroatoms. The summed E-state index contributed by atoms with van der Waals surface area (Å²) in [6.45, 7) is 7.69. The van der Waals surface area contributed by atoms with E-state index >= 15 is 0 Å². The van der Waals surface area contributed by atoms with Crippen LogP contribution in [0.15, 0.2) is 28.7 Å². The van der Waals surface area contributed by atoms with Crippen LogP contribution in [-0.2, 0) is 0 Å². The maximum Gasteiger partial charge on any atom is 0.290 e. The smallest absolute Gasteiger partial charge is 0.290 e. The monoisotopic (exact) mass is 272 g/mol. The standard InChI is InChI=1S/C16H20N2O2/c1-10-13-6-4-5-7-14(13)20-15(10)16(19)18-9-8-17-11(2)12(18)3/h4-7,11-12,17H,8-9H2,1-3H3. The highest BCUT2D eigenvalue weighted by Gasteiger charge is 2.31. The van der Waals surface area contributed by atoms with Crippen molar-refractivity contribution in [3.8, 4) is 0 Å². The Balaban J connectivity index is 1.98. The van der Waals surface area contributed by atoms with E-state index in [1.165, 1.54) is 0 Å². The largest absolute Gasteiger partial charge is 0.451 e. The van der Waals surface area contributed by atoms with Crippen molar-refractivity contribution in [1.29, 1.82) is 0 Å². The van der Waals surface area contributed by atoms with Crippen LogP contribution in [0, 0.1) is 6.92 Å². The van der Waals surface area contributed by atoms with E-state index < -0.39 is 0 Å². The van der Waals surface area contributed by atoms with Crippen LogP contribution in [0.5, 0.6) is 0 Å². The van der Waals surface area contributed by atoms with Gasteiger partial charge in [-0.3, -0.25) is 4.79 Å². The molecule has 4 nitrogen and oxygen atoms in total. The number of benzene rings is 1. The minimum Gasteiger partial charge on any atom is -0.451 e. The molecule has 3 rings (SSSR count). The van der Waals surface area contributed by atoms with E-state index in [0.717, 1.165) is 29.6 Å². The van der Waals surface area contributed by atoms with Crippen LogP contribution in [0.2, 0.25) is 0 Å². The number of para-hydroxylation sites is 1. The average Bonchev–Trinajstić information content (AvgIpc) is 2.79. The minimum absolute atomic E-state index is 0.000417. The van der Waals surface area contributed by atoms with Crippen LogP contribution in [0.4, 0.5) is 0 Å². The van der Waals surface area contributed by atoms with Crippen LogP contribution in [0.3, 0.4) is 0 Å². The van der Waals surface area contributed by atoms with Crippen molar-refractivity contribution in [1.82, 2.24) is 10.2 Å². The van der Waals surface area contributed by atoms with Gasteiger partial charge in [0.15, 0.2) is 5.76 Å². The first-order valence-electron chi connectivity index (χ1n) is 7.12. The second-order valence-electron chi connectivity index (χ2n) is 5.53. The molecule has 2 atom stereocenters. The van der Waals surface area contributed by atoms with Gasteiger partial charge in [-0.2, -0.15) is 0 Å². The van der Waals surface area contributed by atoms with Crippen LogP contribution in [-0.4, -0.2) is 36.0 Å². The number of carbonyl (C=O) groups is 1. The lowest BCUT2D eigenvalue weighted by Crippen LogP contribution is -2.57. The van der Waals surface area contributed by atoms with E-state index in [1.54, 1.807) is 0 Å². The molecule has 1 aromatic heterocycles. The molecule has 1 amide bonds. The molecular formula is C16H20N2O2. The van der Waals surface area contributed by atoms with Crippen molar-refractivity contribution < 1.29 is 9.21 Å². The van der Waals surface area contributed by atoms with Gasteiger partial charge >= 0.3 is 0 Å². The Morgan fingerprint density at radius 2 is 2.10 bits per heavy atom. The topological polar surface area (TPSA) is 45.5 Å². The van der Waals surface area contributed by atoms with Gasteiger partial charge in [-0.25, -0.2) is 0 Å². The lowest BCUT2D eigenvalue weighted by molar-refractivity contribution is 0.0572. The number of hydrogen-bond donors (Lipinski definition) is 1. The van der Waals surface area contributed by atoms with E-state index in [0.29, 0.717) is 11.8 Å². The SMILES string of the molecule is Cc1c(C(=O)N2CCNC(C)C2C)oc2ccccc12. The number of piperazine rings is 1. The second kappa shape index (κ2) is 4.94. The summed E-state index contributed by atoms with van der Waals surface area (Å²) in [4.78, 5) is 14.7. The number of aryl methyl sites for hydroxylation is 1. The van der Waals surface area contributed by atoms with Crippen LogP contribution in [0.25, 0.3) is 11.0 Å². The molecule has 2 aromatic rings. The van der Waals surface area contributed by atoms with E-state index in [2.05, 4.69) is 19.2 Å². The molecule has 1 N–H and O–H groups in total. The van der Waals surface area contributed by atoms with Crippen LogP contribution >= 0.6 is 0 Å². The van der Waals surface area contributed by atoms with E-state index in [-0.39, 0.29) is 11.9 Å². The first-order chi connectivity index (χ1) is 9.59. The molecule has 2 heterocycles. The zero-order chi connectivity index (χ0) is 14.3. The van der Waals surface area contributed by atoms with Gasteiger partial charge in [0.2, 0.25) is 0 Å². The molecular weight excluding hydrogens is 252 g/mol. The molecule has 1 aromatic carbocycles. The lowest BCUT2D eigenvalue weighted by Gasteiger charge is -2.38. The highest BCUT2D eigenvalue weighted by atomic mass is 16.3. The number of amides is 1. The van der Waals surface area contributed by atoms with Gasteiger partial charge in [-0.1, -0.05) is 18.2 Å². The zero-order valence-corrected chi connectivity index (χ0v) is 12.1. The average molecular weight is 272 g/mol. The lowest BCUT2D eigenvalue weighted by atomic mass is 10.1. The highest BCUT2D eigenvalue weighted by molar-refractivity contribution is 5.99. The first kappa shape index (κ1) is 13.2. The van der Waals surface area contributed by atoms with E-state index in [9.17, 15) is 4.79 Å². The molecule has 1 saturated heterocycles.